The molecule has 0 saturated carbocycles. The minimum Gasteiger partial charge on any atom is -0.309 e. The highest BCUT2D eigenvalue weighted by molar-refractivity contribution is 7.26. The standard InChI is InChI=1S/C50H31N3S.C48H29N3S/c1-3-12-32(13-4-1)35-22-23-37-31-38(25-24-36(37)30-35)47-49-48(52-50(51-47)34-14-5-2-6-15-34)46-40(18-11-21-45(46)54-49)33-26-28-39(29-27-33)53-43-19-9-7-16-41(43)42-17-8-10-20-44(42)53;1-2-13-31(14-3-1)48-49-45(34-26-27-37-33(28-34)25-24-30-12-4-5-17-36(30)37)47-46(50-48)44-38(20-11-23-43(44)52-47)32-15-10-16-35(29-32)51-41-21-8-6-18-39(41)40-19-7-9-22-42(40)51/h1-31H;1-29H. The fourth-order valence-electron chi connectivity index (χ4n) is 16.0. The molecule has 0 atom stereocenters. The quantitative estimate of drug-likeness (QED) is 0.135. The summed E-state index contributed by atoms with van der Waals surface area (Å²) in [5.74, 6) is 1.46. The number of thiophene rings is 2. The number of aromatic nitrogens is 6. The zero-order chi connectivity index (χ0) is 69.8. The molecule has 6 nitrogen and oxygen atoms in total. The normalized spacial score (nSPS) is 11.8. The molecule has 22 rings (SSSR count). The van der Waals surface area contributed by atoms with Crippen molar-refractivity contribution in [2.45, 2.75) is 0 Å². The second-order valence-corrected chi connectivity index (χ2v) is 29.2. The molecule has 0 unspecified atom stereocenters. The molecule has 0 saturated heterocycles. The average Bonchev–Trinajstić information content (AvgIpc) is 1.55. The summed E-state index contributed by atoms with van der Waals surface area (Å²) < 4.78 is 9.34. The minimum absolute atomic E-state index is 0.730. The Bertz CT molecular complexity index is 7150. The molecule has 6 aromatic heterocycles. The maximum atomic E-state index is 5.36. The maximum Gasteiger partial charge on any atom is 0.160 e. The predicted molar refractivity (Wildman–Crippen MR) is 449 cm³/mol. The predicted octanol–water partition coefficient (Wildman–Crippen LogP) is 27.0. The highest BCUT2D eigenvalue weighted by atomic mass is 32.1. The van der Waals surface area contributed by atoms with Gasteiger partial charge in [0.25, 0.3) is 0 Å². The van der Waals surface area contributed by atoms with Gasteiger partial charge in [-0.25, -0.2) is 19.9 Å². The zero-order valence-electron chi connectivity index (χ0n) is 57.1. The fraction of sp³-hybridized carbons (Fsp3) is 0. The van der Waals surface area contributed by atoms with Crippen LogP contribution in [0.3, 0.4) is 0 Å². The molecule has 0 spiro atoms. The first-order valence-electron chi connectivity index (χ1n) is 35.8. The molecule has 0 radical (unpaired) electrons. The van der Waals surface area contributed by atoms with E-state index >= 15 is 0 Å². The highest BCUT2D eigenvalue weighted by Gasteiger charge is 2.24. The lowest BCUT2D eigenvalue weighted by Gasteiger charge is -2.12. The molecule has 0 fully saturated rings. The Balaban J connectivity index is 0.000000136. The molecule has 494 valence electrons. The van der Waals surface area contributed by atoms with E-state index < -0.39 is 0 Å². The van der Waals surface area contributed by atoms with Gasteiger partial charge < -0.3 is 9.13 Å². The van der Waals surface area contributed by atoms with Crippen LogP contribution in [0, 0.1) is 0 Å². The number of para-hydroxylation sites is 4. The van der Waals surface area contributed by atoms with Gasteiger partial charge in [-0.05, 0) is 145 Å². The van der Waals surface area contributed by atoms with Crippen LogP contribution in [0.4, 0.5) is 0 Å². The van der Waals surface area contributed by atoms with E-state index in [1.165, 1.54) is 108 Å². The lowest BCUT2D eigenvalue weighted by atomic mass is 9.98. The van der Waals surface area contributed by atoms with Crippen LogP contribution in [0.25, 0.3) is 207 Å². The van der Waals surface area contributed by atoms with E-state index in [4.69, 9.17) is 19.9 Å². The molecular weight excluding hydrogens is 1330 g/mol. The van der Waals surface area contributed by atoms with Crippen molar-refractivity contribution in [1.29, 1.82) is 0 Å². The summed E-state index contributed by atoms with van der Waals surface area (Å²) in [7, 11) is 0. The van der Waals surface area contributed by atoms with Crippen LogP contribution in [0.2, 0.25) is 0 Å². The third-order valence-electron chi connectivity index (χ3n) is 21.0. The SMILES string of the molecule is c1ccc(-c2ccc3cc(-c4nc(-c5ccccc5)nc5c4sc4cccc(-c6ccc(-n7c8ccccc8c8ccccc87)cc6)c45)ccc3c2)cc1.c1ccc(-c2nc(-c3ccc4c(ccc5ccccc54)c3)c3sc4cccc(-c5cccc(-n6c7ccccc7c7ccccc76)c5)c4c3n2)cc1. The van der Waals surface area contributed by atoms with Gasteiger partial charge in [-0.1, -0.05) is 285 Å². The van der Waals surface area contributed by atoms with Crippen LogP contribution in [0.5, 0.6) is 0 Å². The van der Waals surface area contributed by atoms with E-state index in [0.717, 1.165) is 99.0 Å². The van der Waals surface area contributed by atoms with Crippen LogP contribution < -0.4 is 0 Å². The van der Waals surface area contributed by atoms with E-state index in [0.29, 0.717) is 0 Å². The summed E-state index contributed by atoms with van der Waals surface area (Å²) in [5.41, 5.74) is 22.3. The van der Waals surface area contributed by atoms with Crippen molar-refractivity contribution in [3.8, 4) is 90.0 Å². The number of hydrogen-bond acceptors (Lipinski definition) is 6. The molecule has 0 bridgehead atoms. The molecule has 16 aromatic carbocycles. The van der Waals surface area contributed by atoms with Crippen LogP contribution in [0.1, 0.15) is 0 Å². The summed E-state index contributed by atoms with van der Waals surface area (Å²) >= 11 is 3.56. The smallest absolute Gasteiger partial charge is 0.160 e. The van der Waals surface area contributed by atoms with E-state index in [-0.39, 0.29) is 0 Å². The van der Waals surface area contributed by atoms with Gasteiger partial charge in [0.05, 0.1) is 53.9 Å². The van der Waals surface area contributed by atoms with Crippen LogP contribution in [-0.2, 0) is 0 Å². The molecule has 0 aliphatic heterocycles. The van der Waals surface area contributed by atoms with E-state index in [2.05, 4.69) is 361 Å². The number of fused-ring (bicyclic) bond motifs is 16. The first-order valence-corrected chi connectivity index (χ1v) is 37.5. The summed E-state index contributed by atoms with van der Waals surface area (Å²) in [6.07, 6.45) is 0. The number of hydrogen-bond donors (Lipinski definition) is 0. The molecule has 106 heavy (non-hydrogen) atoms. The fourth-order valence-corrected chi connectivity index (χ4v) is 18.4. The third kappa shape index (κ3) is 10.3. The van der Waals surface area contributed by atoms with E-state index in [1.54, 1.807) is 22.7 Å². The molecular formula is C98H60N6S2. The molecule has 0 aliphatic carbocycles. The van der Waals surface area contributed by atoms with Gasteiger partial charge in [0.15, 0.2) is 11.6 Å². The van der Waals surface area contributed by atoms with Gasteiger partial charge in [0.2, 0.25) is 0 Å². The van der Waals surface area contributed by atoms with Crippen molar-refractivity contribution in [1.82, 2.24) is 29.1 Å². The zero-order valence-corrected chi connectivity index (χ0v) is 58.8. The molecule has 0 N–H and O–H groups in total. The average molecular weight is 1390 g/mol. The number of nitrogens with zero attached hydrogens (tertiary/aromatic N) is 6. The molecule has 22 aromatic rings. The van der Waals surface area contributed by atoms with Crippen molar-refractivity contribution in [2.24, 2.45) is 0 Å². The van der Waals surface area contributed by atoms with Crippen LogP contribution in [-0.4, -0.2) is 29.1 Å². The molecule has 0 amide bonds. The number of benzene rings is 16. The lowest BCUT2D eigenvalue weighted by molar-refractivity contribution is 1.18. The van der Waals surface area contributed by atoms with Crippen LogP contribution >= 0.6 is 22.7 Å². The summed E-state index contributed by atoms with van der Waals surface area (Å²) in [5, 5.41) is 14.7. The van der Waals surface area contributed by atoms with Gasteiger partial charge in [-0.3, -0.25) is 0 Å². The Labute approximate surface area is 618 Å². The topological polar surface area (TPSA) is 61.4 Å². The van der Waals surface area contributed by atoms with Gasteiger partial charge in [0.1, 0.15) is 0 Å². The van der Waals surface area contributed by atoms with Gasteiger partial charge >= 0.3 is 0 Å². The Morgan fingerprint density at radius 1 is 0.217 bits per heavy atom. The van der Waals surface area contributed by atoms with E-state index in [1.807, 2.05) is 12.1 Å². The van der Waals surface area contributed by atoms with Crippen molar-refractivity contribution in [3.63, 3.8) is 0 Å². The maximum absolute atomic E-state index is 5.36. The molecule has 0 aliphatic rings. The Morgan fingerprint density at radius 3 is 1.15 bits per heavy atom. The van der Waals surface area contributed by atoms with Gasteiger partial charge in [0, 0.05) is 75.3 Å². The molecule has 6 heterocycles. The van der Waals surface area contributed by atoms with Gasteiger partial charge in [-0.15, -0.1) is 22.7 Å². The first kappa shape index (κ1) is 61.2. The minimum atomic E-state index is 0.730. The van der Waals surface area contributed by atoms with Crippen molar-refractivity contribution in [2.75, 3.05) is 0 Å². The largest absolute Gasteiger partial charge is 0.309 e. The summed E-state index contributed by atoms with van der Waals surface area (Å²) in [6.45, 7) is 0. The van der Waals surface area contributed by atoms with Crippen LogP contribution in [0.15, 0.2) is 364 Å². The van der Waals surface area contributed by atoms with Gasteiger partial charge in [-0.2, -0.15) is 0 Å². The van der Waals surface area contributed by atoms with E-state index in [9.17, 15) is 0 Å². The summed E-state index contributed by atoms with van der Waals surface area (Å²) in [6, 6.07) is 130. The lowest BCUT2D eigenvalue weighted by Crippen LogP contribution is -1.95. The molecule has 8 heteroatoms. The van der Waals surface area contributed by atoms with Crippen molar-refractivity contribution >= 4 is 139 Å². The Morgan fingerprint density at radius 2 is 0.604 bits per heavy atom. The Kier molecular flexibility index (Phi) is 14.5. The summed E-state index contributed by atoms with van der Waals surface area (Å²) in [4.78, 5) is 21.3. The number of rotatable bonds is 9. The second kappa shape index (κ2) is 25.2. The monoisotopic (exact) mass is 1380 g/mol. The first-order chi connectivity index (χ1) is 52.5. The Hall–Kier alpha value is -13.5. The second-order valence-electron chi connectivity index (χ2n) is 27.1. The third-order valence-corrected chi connectivity index (χ3v) is 23.3. The highest BCUT2D eigenvalue weighted by Crippen LogP contribution is 2.48. The van der Waals surface area contributed by atoms with Crippen molar-refractivity contribution < 1.29 is 0 Å². The van der Waals surface area contributed by atoms with Crippen molar-refractivity contribution in [3.05, 3.63) is 364 Å².